The molecule has 2 aromatic carbocycles. The molecule has 0 aromatic heterocycles. The van der Waals surface area contributed by atoms with Crippen LogP contribution in [0.2, 0.25) is 0 Å². The molecule has 0 bridgehead atoms. The molecule has 3 unspecified atom stereocenters. The van der Waals surface area contributed by atoms with Gasteiger partial charge in [0.1, 0.15) is 48.0 Å². The molecule has 13 N–H and O–H groups in total. The number of benzene rings is 2. The zero-order chi connectivity index (χ0) is 64.2. The van der Waals surface area contributed by atoms with Crippen LogP contribution in [0.3, 0.4) is 0 Å². The minimum Gasteiger partial charge on any atom is -0.505 e. The van der Waals surface area contributed by atoms with E-state index in [0.29, 0.717) is 37.5 Å². The van der Waals surface area contributed by atoms with Gasteiger partial charge in [0.15, 0.2) is 11.5 Å². The molecule has 27 heteroatoms. The lowest BCUT2D eigenvalue weighted by atomic mass is 9.43. The molecule has 4 aliphatic carbocycles. The molecule has 0 aliphatic heterocycles. The van der Waals surface area contributed by atoms with E-state index in [1.165, 1.54) is 38.5 Å². The number of fused-ring (bicyclic) bond motifs is 5. The molecule has 2 aromatic rings. The highest BCUT2D eigenvalue weighted by Crippen LogP contribution is 2.69. The van der Waals surface area contributed by atoms with Gasteiger partial charge in [0, 0.05) is 19.0 Å². The van der Waals surface area contributed by atoms with E-state index in [9.17, 15) is 53.7 Å². The summed E-state index contributed by atoms with van der Waals surface area (Å²) < 4.78 is 44.0. The predicted octanol–water partition coefficient (Wildman–Crippen LogP) is 4.37. The third-order valence-electron chi connectivity index (χ3n) is 18.3. The number of rotatable bonds is 34. The minimum atomic E-state index is -0.939. The number of carbonyl (C=O) groups is 8. The van der Waals surface area contributed by atoms with Gasteiger partial charge < -0.3 is 96.6 Å². The number of carbonyl (C=O) groups excluding carboxylic acids is 8. The molecular weight excluding hydrogens is 1150 g/mol. The summed E-state index contributed by atoms with van der Waals surface area (Å²) in [6.07, 6.45) is 8.53. The zero-order valence-electron chi connectivity index (χ0n) is 51.6. The average molecular weight is 1240 g/mol. The SMILES string of the molecule is CCCCCC[C@](C)(O)C1CCC2[C@@H]3C[C@H](OC(=O)NCC(=O)NCCOCCOCC(=O)Nc4ccc(OC)c(C(N)=O)c4O)C4C[C@@H](OC(=O)NCC(=O)NCCOCCOCC(=O)Nc5ccc(OC)c(C(N)=O)c5O)CC[C@]4(C)[C@H]3CC[C@@]21C. The predicted molar refractivity (Wildman–Crippen MR) is 319 cm³/mol. The van der Waals surface area contributed by atoms with E-state index < -0.39 is 76.9 Å². The number of anilines is 2. The van der Waals surface area contributed by atoms with Gasteiger partial charge in [0.25, 0.3) is 11.8 Å². The molecule has 4 saturated carbocycles. The van der Waals surface area contributed by atoms with Crippen LogP contribution in [-0.4, -0.2) is 174 Å². The lowest BCUT2D eigenvalue weighted by Crippen LogP contribution is -2.60. The Morgan fingerprint density at radius 2 is 1.09 bits per heavy atom. The van der Waals surface area contributed by atoms with Gasteiger partial charge >= 0.3 is 12.2 Å². The first-order chi connectivity index (χ1) is 42.0. The Balaban J connectivity index is 0.939. The number of amides is 8. The van der Waals surface area contributed by atoms with Crippen LogP contribution < -0.4 is 52.8 Å². The van der Waals surface area contributed by atoms with Crippen molar-refractivity contribution in [2.45, 2.75) is 129 Å². The Morgan fingerprint density at radius 1 is 0.591 bits per heavy atom. The number of hydrogen-bond acceptors (Lipinski definition) is 19. The highest BCUT2D eigenvalue weighted by Gasteiger charge is 2.65. The molecule has 88 heavy (non-hydrogen) atoms. The molecule has 6 rings (SSSR count). The van der Waals surface area contributed by atoms with Crippen LogP contribution in [0.15, 0.2) is 24.3 Å². The zero-order valence-corrected chi connectivity index (χ0v) is 51.6. The van der Waals surface area contributed by atoms with Crippen LogP contribution in [0.5, 0.6) is 23.0 Å². The molecule has 0 heterocycles. The van der Waals surface area contributed by atoms with Gasteiger partial charge in [-0.05, 0) is 123 Å². The molecule has 8 amide bonds. The quantitative estimate of drug-likeness (QED) is 0.0342. The van der Waals surface area contributed by atoms with Crippen LogP contribution in [-0.2, 0) is 47.6 Å². The maximum Gasteiger partial charge on any atom is 0.407 e. The molecular formula is C61H92N8O19. The van der Waals surface area contributed by atoms with Crippen molar-refractivity contribution >= 4 is 59.0 Å². The summed E-state index contributed by atoms with van der Waals surface area (Å²) in [6.45, 7) is 7.99. The van der Waals surface area contributed by atoms with E-state index in [4.69, 9.17) is 49.4 Å². The third kappa shape index (κ3) is 18.4. The number of alkyl carbamates (subject to hydrolysis) is 2. The van der Waals surface area contributed by atoms with E-state index in [-0.39, 0.29) is 142 Å². The van der Waals surface area contributed by atoms with Crippen molar-refractivity contribution in [1.29, 1.82) is 0 Å². The number of nitrogens with one attached hydrogen (secondary N) is 6. The lowest BCUT2D eigenvalue weighted by molar-refractivity contribution is -0.179. The topological polar surface area (TPSA) is 395 Å². The van der Waals surface area contributed by atoms with E-state index >= 15 is 0 Å². The highest BCUT2D eigenvalue weighted by molar-refractivity contribution is 6.03. The van der Waals surface area contributed by atoms with Crippen LogP contribution in [0, 0.1) is 40.4 Å². The minimum absolute atomic E-state index is 0.0255. The Morgan fingerprint density at radius 3 is 1.60 bits per heavy atom. The lowest BCUT2D eigenvalue weighted by Gasteiger charge is -2.63. The second-order valence-electron chi connectivity index (χ2n) is 24.0. The molecule has 10 atom stereocenters. The Kier molecular flexibility index (Phi) is 26.1. The first kappa shape index (κ1) is 69.9. The number of aromatic hydroxyl groups is 2. The fourth-order valence-corrected chi connectivity index (χ4v) is 14.2. The standard InChI is InChI=1S/C61H92N8O19/c1-7-8-9-10-19-61(4,80)46-16-11-38-37-31-45(88-58(79)67-33-48(71)65-23-25-84-27-29-86-35-50(73)69-42-13-15-44(82-6)52(54(42)75)56(63)77)40-30-36(17-20-59(40,2)39(37)18-21-60(38,46)3)87-57(78)66-32-47(70)64-22-24-83-26-28-85-34-49(72)68-41-12-14-43(81-5)51(53(41)74)55(62)76/h12-15,36-40,45-46,74-75,80H,7-11,16-35H2,1-6H3,(H2,62,76)(H2,63,77)(H,64,70)(H,65,71)(H,66,78)(H,67,79)(H,68,72)(H,69,73)/t36-,37-,38?,39-,40?,45-,46?,59+,60-,61-/m0/s1. The first-order valence-corrected chi connectivity index (χ1v) is 30.4. The van der Waals surface area contributed by atoms with Crippen molar-refractivity contribution in [3.63, 3.8) is 0 Å². The van der Waals surface area contributed by atoms with E-state index in [0.717, 1.165) is 57.8 Å². The number of phenols is 2. The van der Waals surface area contributed by atoms with E-state index in [1.54, 1.807) is 0 Å². The molecule has 4 aliphatic rings. The fraction of sp³-hybridized carbons (Fsp3) is 0.672. The van der Waals surface area contributed by atoms with Crippen molar-refractivity contribution in [2.24, 2.45) is 51.9 Å². The Bertz CT molecular complexity index is 2750. The molecule has 0 spiro atoms. The normalized spacial score (nSPS) is 24.1. The number of ether oxygens (including phenoxy) is 8. The van der Waals surface area contributed by atoms with Crippen LogP contribution in [0.25, 0.3) is 0 Å². The van der Waals surface area contributed by atoms with Crippen LogP contribution in [0.1, 0.15) is 132 Å². The fourth-order valence-electron chi connectivity index (χ4n) is 14.2. The smallest absolute Gasteiger partial charge is 0.407 e. The molecule has 27 nitrogen and oxygen atoms in total. The number of hydrogen-bond donors (Lipinski definition) is 11. The highest BCUT2D eigenvalue weighted by atomic mass is 16.6. The molecule has 4 fully saturated rings. The average Bonchev–Trinajstić information content (AvgIpc) is 1.32. The molecule has 490 valence electrons. The second kappa shape index (κ2) is 32.9. The summed E-state index contributed by atoms with van der Waals surface area (Å²) in [6, 6.07) is 5.45. The monoisotopic (exact) mass is 1240 g/mol. The summed E-state index contributed by atoms with van der Waals surface area (Å²) in [4.78, 5) is 101. The maximum atomic E-state index is 13.7. The first-order valence-electron chi connectivity index (χ1n) is 30.4. The van der Waals surface area contributed by atoms with E-state index in [2.05, 4.69) is 52.7 Å². The third-order valence-corrected chi connectivity index (χ3v) is 18.3. The van der Waals surface area contributed by atoms with Gasteiger partial charge in [-0.25, -0.2) is 9.59 Å². The number of methoxy groups -OCH3 is 2. The summed E-state index contributed by atoms with van der Waals surface area (Å²) in [5, 5.41) is 48.3. The molecule has 0 saturated heterocycles. The summed E-state index contributed by atoms with van der Waals surface area (Å²) >= 11 is 0. The van der Waals surface area contributed by atoms with Gasteiger partial charge in [0.2, 0.25) is 23.6 Å². The Hall–Kier alpha value is -7.20. The second-order valence-corrected chi connectivity index (χ2v) is 24.0. The van der Waals surface area contributed by atoms with Gasteiger partial charge in [-0.15, -0.1) is 0 Å². The van der Waals surface area contributed by atoms with Gasteiger partial charge in [-0.1, -0.05) is 46.5 Å². The van der Waals surface area contributed by atoms with Gasteiger partial charge in [-0.2, -0.15) is 0 Å². The van der Waals surface area contributed by atoms with Crippen molar-refractivity contribution in [3.8, 4) is 23.0 Å². The summed E-state index contributed by atoms with van der Waals surface area (Å²) in [7, 11) is 2.61. The van der Waals surface area contributed by atoms with Crippen molar-refractivity contribution in [2.75, 3.05) is 104 Å². The van der Waals surface area contributed by atoms with Crippen molar-refractivity contribution in [3.05, 3.63) is 35.4 Å². The Labute approximate surface area is 513 Å². The maximum absolute atomic E-state index is 13.7. The number of primary amides is 2. The number of aliphatic hydroxyl groups is 1. The van der Waals surface area contributed by atoms with Crippen molar-refractivity contribution in [1.82, 2.24) is 21.3 Å². The van der Waals surface area contributed by atoms with Crippen LogP contribution >= 0.6 is 0 Å². The summed E-state index contributed by atoms with van der Waals surface area (Å²) in [5.74, 6) is -4.32. The van der Waals surface area contributed by atoms with Gasteiger partial charge in [0.05, 0.1) is 83.9 Å². The number of nitrogens with two attached hydrogens (primary N) is 2. The van der Waals surface area contributed by atoms with E-state index in [1.807, 2.05) is 6.92 Å². The largest absolute Gasteiger partial charge is 0.505 e. The summed E-state index contributed by atoms with van der Waals surface area (Å²) in [5.41, 5.74) is 8.80. The van der Waals surface area contributed by atoms with Gasteiger partial charge in [-0.3, -0.25) is 28.8 Å². The van der Waals surface area contributed by atoms with Crippen LogP contribution in [0.4, 0.5) is 21.0 Å². The number of unbranched alkanes of at least 4 members (excludes halogenated alkanes) is 3. The molecule has 0 radical (unpaired) electrons. The van der Waals surface area contributed by atoms with Crippen molar-refractivity contribution < 1.29 is 91.6 Å².